The Kier molecular flexibility index (Phi) is 12.2. The van der Waals surface area contributed by atoms with Gasteiger partial charge in [0, 0.05) is 38.6 Å². The molecule has 0 aliphatic rings. The lowest BCUT2D eigenvalue weighted by molar-refractivity contribution is 1.07. The third-order valence-corrected chi connectivity index (χ3v) is 15.1. The van der Waals surface area contributed by atoms with E-state index in [1.165, 1.54) is 21.9 Å². The molecule has 370 valence electrons. The van der Waals surface area contributed by atoms with Crippen molar-refractivity contribution in [1.29, 1.82) is 0 Å². The second kappa shape index (κ2) is 20.5. The minimum absolute atomic E-state index is 0.570. The van der Waals surface area contributed by atoms with E-state index in [2.05, 4.69) is 290 Å². The Hall–Kier alpha value is -10.6. The highest BCUT2D eigenvalue weighted by molar-refractivity contribution is 6.12. The van der Waals surface area contributed by atoms with Crippen LogP contribution in [0.4, 0.5) is 0 Å². The Bertz CT molecular complexity index is 4300. The Morgan fingerprint density at radius 1 is 0.190 bits per heavy atom. The molecule has 0 atom stereocenters. The monoisotopic (exact) mass is 1010 g/mol. The summed E-state index contributed by atoms with van der Waals surface area (Å²) in [6.45, 7) is 0. The van der Waals surface area contributed by atoms with Gasteiger partial charge >= 0.3 is 0 Å². The van der Waals surface area contributed by atoms with Crippen LogP contribution in [0.2, 0.25) is 0 Å². The van der Waals surface area contributed by atoms with Crippen molar-refractivity contribution in [3.63, 3.8) is 0 Å². The summed E-state index contributed by atoms with van der Waals surface area (Å²) in [5.74, 6) is 1.75. The molecule has 79 heavy (non-hydrogen) atoms. The fourth-order valence-electron chi connectivity index (χ4n) is 11.1. The van der Waals surface area contributed by atoms with Gasteiger partial charge in [-0.15, -0.1) is 0 Å². The molecule has 0 saturated heterocycles. The molecule has 0 amide bonds. The van der Waals surface area contributed by atoms with Gasteiger partial charge in [0.15, 0.2) is 17.5 Å². The lowest BCUT2D eigenvalue weighted by Gasteiger charge is -2.21. The minimum Gasteiger partial charge on any atom is -0.308 e. The molecule has 0 spiro atoms. The van der Waals surface area contributed by atoms with E-state index < -0.39 is 0 Å². The summed E-state index contributed by atoms with van der Waals surface area (Å²) < 4.78 is 2.48. The van der Waals surface area contributed by atoms with Crippen LogP contribution in [-0.2, 0) is 0 Å². The highest BCUT2D eigenvalue weighted by Crippen LogP contribution is 2.45. The third kappa shape index (κ3) is 9.18. The van der Waals surface area contributed by atoms with Crippen LogP contribution < -0.4 is 0 Å². The molecule has 2 aromatic heterocycles. The second-order valence-corrected chi connectivity index (χ2v) is 20.0. The molecule has 4 nitrogen and oxygen atoms in total. The van der Waals surface area contributed by atoms with Crippen molar-refractivity contribution in [2.45, 2.75) is 0 Å². The van der Waals surface area contributed by atoms with Crippen LogP contribution in [0.3, 0.4) is 0 Å². The predicted molar refractivity (Wildman–Crippen MR) is 329 cm³/mol. The normalized spacial score (nSPS) is 11.3. The van der Waals surface area contributed by atoms with Gasteiger partial charge in [-0.3, -0.25) is 0 Å². The molecule has 2 heterocycles. The van der Waals surface area contributed by atoms with Gasteiger partial charge in [-0.25, -0.2) is 15.0 Å². The Balaban J connectivity index is 1.06. The SMILES string of the molecule is c1ccc(-c2ccc(-c3cc(-c4nc(-c5ccccc5)nc(-c5cc(-c6ccccc6)cc(-c6ccccc6)c5)n4)cc(-c4ccc(-c5ccccc5)cc4)c3-n3c4ccccc4c4cc(-c5ccccc5)ccc43)cc2)cc1. The smallest absolute Gasteiger partial charge is 0.164 e. The van der Waals surface area contributed by atoms with Crippen LogP contribution in [0.1, 0.15) is 0 Å². The summed E-state index contributed by atoms with van der Waals surface area (Å²) in [5.41, 5.74) is 21.5. The first-order valence-electron chi connectivity index (χ1n) is 26.8. The summed E-state index contributed by atoms with van der Waals surface area (Å²) in [6, 6.07) is 108. The lowest BCUT2D eigenvalue weighted by atomic mass is 9.91. The van der Waals surface area contributed by atoms with Crippen LogP contribution in [-0.4, -0.2) is 19.5 Å². The number of aromatic nitrogens is 4. The van der Waals surface area contributed by atoms with Crippen molar-refractivity contribution < 1.29 is 0 Å². The average Bonchev–Trinajstić information content (AvgIpc) is 4.15. The van der Waals surface area contributed by atoms with Gasteiger partial charge in [-0.2, -0.15) is 0 Å². The fraction of sp³-hybridized carbons (Fsp3) is 0. The molecule has 0 unspecified atom stereocenters. The van der Waals surface area contributed by atoms with Gasteiger partial charge in [0.05, 0.1) is 16.7 Å². The number of hydrogen-bond donors (Lipinski definition) is 0. The number of hydrogen-bond acceptors (Lipinski definition) is 3. The van der Waals surface area contributed by atoms with Crippen LogP contribution >= 0.6 is 0 Å². The maximum absolute atomic E-state index is 5.55. The van der Waals surface area contributed by atoms with E-state index in [1.54, 1.807) is 0 Å². The van der Waals surface area contributed by atoms with E-state index in [9.17, 15) is 0 Å². The van der Waals surface area contributed by atoms with Crippen LogP contribution in [0.5, 0.6) is 0 Å². The molecule has 0 fully saturated rings. The highest BCUT2D eigenvalue weighted by Gasteiger charge is 2.24. The van der Waals surface area contributed by atoms with Gasteiger partial charge in [0.1, 0.15) is 0 Å². The highest BCUT2D eigenvalue weighted by atomic mass is 15.0. The molecule has 12 aromatic carbocycles. The van der Waals surface area contributed by atoms with Gasteiger partial charge < -0.3 is 4.57 Å². The van der Waals surface area contributed by atoms with Gasteiger partial charge in [-0.05, 0) is 115 Å². The van der Waals surface area contributed by atoms with E-state index in [4.69, 9.17) is 15.0 Å². The number of nitrogens with zero attached hydrogens (tertiary/aromatic N) is 4. The zero-order valence-electron chi connectivity index (χ0n) is 43.2. The van der Waals surface area contributed by atoms with Crippen LogP contribution in [0.15, 0.2) is 303 Å². The van der Waals surface area contributed by atoms with E-state index in [-0.39, 0.29) is 0 Å². The topological polar surface area (TPSA) is 43.6 Å². The number of para-hydroxylation sites is 1. The van der Waals surface area contributed by atoms with Crippen molar-refractivity contribution in [3.8, 4) is 118 Å². The summed E-state index contributed by atoms with van der Waals surface area (Å²) in [6.07, 6.45) is 0. The minimum atomic E-state index is 0.570. The van der Waals surface area contributed by atoms with Gasteiger partial charge in [-0.1, -0.05) is 255 Å². The second-order valence-electron chi connectivity index (χ2n) is 20.0. The van der Waals surface area contributed by atoms with Crippen molar-refractivity contribution in [3.05, 3.63) is 303 Å². The molecule has 0 N–H and O–H groups in total. The quantitative estimate of drug-likeness (QED) is 0.130. The van der Waals surface area contributed by atoms with Crippen molar-refractivity contribution in [2.75, 3.05) is 0 Å². The zero-order valence-corrected chi connectivity index (χ0v) is 43.2. The van der Waals surface area contributed by atoms with E-state index in [0.717, 1.165) is 100 Å². The van der Waals surface area contributed by atoms with Gasteiger partial charge in [0.25, 0.3) is 0 Å². The van der Waals surface area contributed by atoms with Crippen LogP contribution in [0, 0.1) is 0 Å². The number of fused-ring (bicyclic) bond motifs is 3. The maximum Gasteiger partial charge on any atom is 0.164 e. The molecule has 0 radical (unpaired) electrons. The Morgan fingerprint density at radius 2 is 0.494 bits per heavy atom. The molecule has 14 aromatic rings. The maximum atomic E-state index is 5.55. The van der Waals surface area contributed by atoms with E-state index in [1.807, 2.05) is 18.2 Å². The van der Waals surface area contributed by atoms with Gasteiger partial charge in [0.2, 0.25) is 0 Å². The molecular weight excluding hydrogens is 957 g/mol. The summed E-state index contributed by atoms with van der Waals surface area (Å²) in [7, 11) is 0. The first kappa shape index (κ1) is 46.9. The third-order valence-electron chi connectivity index (χ3n) is 15.1. The molecule has 0 aliphatic heterocycles. The van der Waals surface area contributed by atoms with Crippen molar-refractivity contribution >= 4 is 21.8 Å². The summed E-state index contributed by atoms with van der Waals surface area (Å²) >= 11 is 0. The lowest BCUT2D eigenvalue weighted by Crippen LogP contribution is -2.04. The molecule has 4 heteroatoms. The fourth-order valence-corrected chi connectivity index (χ4v) is 11.1. The first-order chi connectivity index (χ1) is 39.1. The van der Waals surface area contributed by atoms with E-state index in [0.29, 0.717) is 17.5 Å². The largest absolute Gasteiger partial charge is 0.308 e. The average molecular weight is 1010 g/mol. The predicted octanol–water partition coefficient (Wildman–Crippen LogP) is 19.6. The van der Waals surface area contributed by atoms with E-state index >= 15 is 0 Å². The van der Waals surface area contributed by atoms with Crippen molar-refractivity contribution in [2.24, 2.45) is 0 Å². The molecular formula is C75H50N4. The Morgan fingerprint density at radius 3 is 0.949 bits per heavy atom. The molecule has 14 rings (SSSR count). The molecule has 0 aliphatic carbocycles. The zero-order chi connectivity index (χ0) is 52.5. The van der Waals surface area contributed by atoms with Crippen LogP contribution in [0.25, 0.3) is 140 Å². The molecule has 0 saturated carbocycles. The summed E-state index contributed by atoms with van der Waals surface area (Å²) in [5, 5.41) is 2.36. The summed E-state index contributed by atoms with van der Waals surface area (Å²) in [4.78, 5) is 16.3. The number of benzene rings is 12. The number of rotatable bonds is 11. The van der Waals surface area contributed by atoms with Crippen molar-refractivity contribution in [1.82, 2.24) is 19.5 Å². The molecule has 0 bridgehead atoms. The standard InChI is InChI=1S/C75H50N4/c1-7-21-51(22-8-1)56-35-39-58(40-36-56)67-49-65(75-77-73(60-31-17-6-18-32-60)76-74(78-75)64-46-62(54-27-13-4-14-28-54)45-63(47-64)55-29-15-5-16-30-55)50-68(59-41-37-57(38-42-59)52-23-9-2-10-24-52)72(67)79-70-34-20-19-33-66(70)69-48-61(43-44-71(69)79)53-25-11-3-12-26-53/h1-50H. The Labute approximate surface area is 460 Å². The first-order valence-corrected chi connectivity index (χ1v) is 26.8.